The Morgan fingerprint density at radius 2 is 1.87 bits per heavy atom. The number of hydrazine groups is 1. The van der Waals surface area contributed by atoms with Crippen molar-refractivity contribution in [3.8, 4) is 0 Å². The Morgan fingerprint density at radius 1 is 1.04 bits per heavy atom. The molecule has 5 heteroatoms. The molecule has 2 aliphatic heterocycles. The predicted octanol–water partition coefficient (Wildman–Crippen LogP) is 3.26. The van der Waals surface area contributed by atoms with E-state index in [-0.39, 0.29) is 24.0 Å². The fourth-order valence-electron chi connectivity index (χ4n) is 3.46. The number of nitrogens with zero attached hydrogens (tertiary/aromatic N) is 1. The van der Waals surface area contributed by atoms with Crippen molar-refractivity contribution in [1.82, 2.24) is 10.7 Å². The number of amides is 1. The maximum atomic E-state index is 12.6. The molecule has 0 bridgehead atoms. The second-order valence-corrected chi connectivity index (χ2v) is 6.51. The lowest BCUT2D eigenvalue weighted by Crippen LogP contribution is -2.49. The molecule has 0 saturated carbocycles. The molecule has 2 fully saturated rings. The molecule has 23 heavy (non-hydrogen) atoms. The van der Waals surface area contributed by atoms with Crippen molar-refractivity contribution in [2.24, 2.45) is 5.92 Å². The molecule has 2 aromatic carbocycles. The Hall–Kier alpha value is -1.88. The minimum atomic E-state index is -0.0413. The van der Waals surface area contributed by atoms with Crippen LogP contribution in [0.5, 0.6) is 0 Å². The Labute approximate surface area is 140 Å². The number of anilines is 1. The summed E-state index contributed by atoms with van der Waals surface area (Å²) in [7, 11) is 0. The molecule has 4 nitrogen and oxygen atoms in total. The van der Waals surface area contributed by atoms with E-state index in [0.29, 0.717) is 0 Å². The second kappa shape index (κ2) is 5.96. The van der Waals surface area contributed by atoms with E-state index in [2.05, 4.69) is 16.8 Å². The van der Waals surface area contributed by atoms with Crippen molar-refractivity contribution in [1.29, 1.82) is 0 Å². The summed E-state index contributed by atoms with van der Waals surface area (Å²) in [6.07, 6.45) is 1.75. The standard InChI is InChI=1S/C18H18ClN3O/c19-13-6-4-5-12(11-13)16-10-9-15-17(20-16)21-22(18(15)23)14-7-2-1-3-8-14/h1-8,11,15-17,20-21H,9-10H2. The minimum absolute atomic E-state index is 0.0226. The van der Waals surface area contributed by atoms with Crippen molar-refractivity contribution in [2.75, 3.05) is 5.01 Å². The molecule has 3 atom stereocenters. The zero-order valence-corrected chi connectivity index (χ0v) is 13.3. The molecule has 0 aromatic heterocycles. The fourth-order valence-corrected chi connectivity index (χ4v) is 3.65. The molecule has 3 unspecified atom stereocenters. The Kier molecular flexibility index (Phi) is 3.81. The van der Waals surface area contributed by atoms with Crippen LogP contribution >= 0.6 is 11.6 Å². The first-order valence-electron chi connectivity index (χ1n) is 7.89. The van der Waals surface area contributed by atoms with Gasteiger partial charge in [-0.2, -0.15) is 0 Å². The molecular formula is C18H18ClN3O. The number of piperidine rings is 1. The number of hydrogen-bond acceptors (Lipinski definition) is 3. The lowest BCUT2D eigenvalue weighted by atomic mass is 9.89. The van der Waals surface area contributed by atoms with Crippen molar-refractivity contribution in [2.45, 2.75) is 25.0 Å². The van der Waals surface area contributed by atoms with Gasteiger partial charge >= 0.3 is 0 Å². The van der Waals surface area contributed by atoms with E-state index in [4.69, 9.17) is 11.6 Å². The number of carbonyl (C=O) groups excluding carboxylic acids is 1. The number of nitrogens with one attached hydrogen (secondary N) is 2. The van der Waals surface area contributed by atoms with Crippen LogP contribution < -0.4 is 15.8 Å². The van der Waals surface area contributed by atoms with Gasteiger partial charge < -0.3 is 0 Å². The van der Waals surface area contributed by atoms with Gasteiger partial charge in [0, 0.05) is 11.1 Å². The summed E-state index contributed by atoms with van der Waals surface area (Å²) in [5.74, 6) is 0.115. The molecule has 118 valence electrons. The molecule has 2 saturated heterocycles. The van der Waals surface area contributed by atoms with E-state index in [1.165, 1.54) is 5.56 Å². The van der Waals surface area contributed by atoms with Crippen LogP contribution in [0.15, 0.2) is 54.6 Å². The molecule has 2 N–H and O–H groups in total. The highest BCUT2D eigenvalue weighted by molar-refractivity contribution is 6.30. The molecule has 2 aliphatic rings. The van der Waals surface area contributed by atoms with Crippen LogP contribution in [0.25, 0.3) is 0 Å². The first-order chi connectivity index (χ1) is 11.2. The molecule has 4 rings (SSSR count). The van der Waals surface area contributed by atoms with Gasteiger partial charge in [-0.3, -0.25) is 10.1 Å². The van der Waals surface area contributed by atoms with Gasteiger partial charge in [-0.05, 0) is 42.7 Å². The Bertz CT molecular complexity index is 721. The van der Waals surface area contributed by atoms with Gasteiger partial charge in [0.05, 0.1) is 17.8 Å². The van der Waals surface area contributed by atoms with E-state index in [9.17, 15) is 4.79 Å². The van der Waals surface area contributed by atoms with Crippen molar-refractivity contribution >= 4 is 23.2 Å². The zero-order valence-electron chi connectivity index (χ0n) is 12.6. The van der Waals surface area contributed by atoms with Gasteiger partial charge in [-0.15, -0.1) is 0 Å². The van der Waals surface area contributed by atoms with Crippen LogP contribution in [0.3, 0.4) is 0 Å². The molecule has 0 radical (unpaired) electrons. The van der Waals surface area contributed by atoms with E-state index in [1.54, 1.807) is 5.01 Å². The average molecular weight is 328 g/mol. The zero-order chi connectivity index (χ0) is 15.8. The largest absolute Gasteiger partial charge is 0.293 e. The van der Waals surface area contributed by atoms with E-state index in [0.717, 1.165) is 23.6 Å². The fraction of sp³-hybridized carbons (Fsp3) is 0.278. The topological polar surface area (TPSA) is 44.4 Å². The van der Waals surface area contributed by atoms with Gasteiger partial charge in [0.1, 0.15) is 0 Å². The smallest absolute Gasteiger partial charge is 0.247 e. The number of rotatable bonds is 2. The second-order valence-electron chi connectivity index (χ2n) is 6.07. The Balaban J connectivity index is 1.53. The predicted molar refractivity (Wildman–Crippen MR) is 90.9 cm³/mol. The van der Waals surface area contributed by atoms with Crippen molar-refractivity contribution in [3.05, 3.63) is 65.2 Å². The molecule has 0 spiro atoms. The lowest BCUT2D eigenvalue weighted by molar-refractivity contribution is -0.121. The number of para-hydroxylation sites is 1. The van der Waals surface area contributed by atoms with Gasteiger partial charge in [-0.25, -0.2) is 10.4 Å². The summed E-state index contributed by atoms with van der Waals surface area (Å²) in [4.78, 5) is 12.6. The maximum Gasteiger partial charge on any atom is 0.247 e. The highest BCUT2D eigenvalue weighted by Crippen LogP contribution is 2.34. The average Bonchev–Trinajstić information content (AvgIpc) is 2.92. The molecular weight excluding hydrogens is 310 g/mol. The van der Waals surface area contributed by atoms with Crippen LogP contribution in [-0.4, -0.2) is 12.1 Å². The van der Waals surface area contributed by atoms with Crippen molar-refractivity contribution < 1.29 is 4.79 Å². The van der Waals surface area contributed by atoms with E-state index < -0.39 is 0 Å². The van der Waals surface area contributed by atoms with Crippen LogP contribution in [0, 0.1) is 5.92 Å². The third-order valence-corrected chi connectivity index (χ3v) is 4.86. The molecule has 2 aromatic rings. The Morgan fingerprint density at radius 3 is 2.65 bits per heavy atom. The summed E-state index contributed by atoms with van der Waals surface area (Å²) in [6.45, 7) is 0. The quantitative estimate of drug-likeness (QED) is 0.890. The van der Waals surface area contributed by atoms with Crippen molar-refractivity contribution in [3.63, 3.8) is 0 Å². The first-order valence-corrected chi connectivity index (χ1v) is 8.27. The lowest BCUT2D eigenvalue weighted by Gasteiger charge is -2.31. The number of halogens is 1. The van der Waals surface area contributed by atoms with Gasteiger partial charge in [0.15, 0.2) is 0 Å². The number of benzene rings is 2. The number of fused-ring (bicyclic) bond motifs is 1. The van der Waals surface area contributed by atoms with E-state index >= 15 is 0 Å². The first kappa shape index (κ1) is 14.7. The third kappa shape index (κ3) is 2.74. The maximum absolute atomic E-state index is 12.6. The van der Waals surface area contributed by atoms with Crippen LogP contribution in [0.1, 0.15) is 24.4 Å². The van der Waals surface area contributed by atoms with E-state index in [1.807, 2.05) is 48.5 Å². The summed E-state index contributed by atoms with van der Waals surface area (Å²) < 4.78 is 0. The summed E-state index contributed by atoms with van der Waals surface area (Å²) in [6, 6.07) is 17.8. The van der Waals surface area contributed by atoms with Gasteiger partial charge in [0.25, 0.3) is 0 Å². The molecule has 2 heterocycles. The third-order valence-electron chi connectivity index (χ3n) is 4.62. The summed E-state index contributed by atoms with van der Waals surface area (Å²) in [5.41, 5.74) is 5.37. The summed E-state index contributed by atoms with van der Waals surface area (Å²) >= 11 is 6.10. The molecule has 1 amide bonds. The normalized spacial score (nSPS) is 27.1. The van der Waals surface area contributed by atoms with Crippen LogP contribution in [0.2, 0.25) is 5.02 Å². The minimum Gasteiger partial charge on any atom is -0.293 e. The van der Waals surface area contributed by atoms with Gasteiger partial charge in [0.2, 0.25) is 5.91 Å². The van der Waals surface area contributed by atoms with Gasteiger partial charge in [-0.1, -0.05) is 41.9 Å². The number of carbonyl (C=O) groups is 1. The van der Waals surface area contributed by atoms with Crippen LogP contribution in [0.4, 0.5) is 5.69 Å². The SMILES string of the molecule is O=C1C2CCC(c3cccc(Cl)c3)NC2NN1c1ccccc1. The highest BCUT2D eigenvalue weighted by Gasteiger charge is 2.44. The van der Waals surface area contributed by atoms with Crippen LogP contribution in [-0.2, 0) is 4.79 Å². The highest BCUT2D eigenvalue weighted by atomic mass is 35.5. The monoisotopic (exact) mass is 327 g/mol. The summed E-state index contributed by atoms with van der Waals surface area (Å²) in [5, 5.41) is 5.97. The molecule has 0 aliphatic carbocycles. The number of hydrogen-bond donors (Lipinski definition) is 2.